The molecule has 4 amide bonds. The molecule has 4 aliphatic carbocycles. The molecule has 4 saturated carbocycles. The first kappa shape index (κ1) is 26.4. The fourth-order valence-corrected chi connectivity index (χ4v) is 8.26. The van der Waals surface area contributed by atoms with Crippen LogP contribution in [0.15, 0.2) is 12.1 Å². The predicted molar refractivity (Wildman–Crippen MR) is 141 cm³/mol. The van der Waals surface area contributed by atoms with Crippen molar-refractivity contribution in [2.24, 2.45) is 17.8 Å². The van der Waals surface area contributed by atoms with Crippen LogP contribution < -0.4 is 15.4 Å². The van der Waals surface area contributed by atoms with Gasteiger partial charge in [0.1, 0.15) is 6.04 Å². The molecule has 2 N–H and O–H groups in total. The lowest BCUT2D eigenvalue weighted by molar-refractivity contribution is -0.136. The van der Waals surface area contributed by atoms with Crippen LogP contribution in [0.1, 0.15) is 104 Å². The summed E-state index contributed by atoms with van der Waals surface area (Å²) in [4.78, 5) is 50.7. The number of unbranched alkanes of at least 4 members (excludes halogenated alkanes) is 4. The molecule has 1 unspecified atom stereocenters. The van der Waals surface area contributed by atoms with Gasteiger partial charge < -0.3 is 10.1 Å². The number of carbonyl (C=O) groups is 4. The summed E-state index contributed by atoms with van der Waals surface area (Å²) in [6.45, 7) is 1.31. The van der Waals surface area contributed by atoms with Crippen molar-refractivity contribution < 1.29 is 28.3 Å². The first-order valence-corrected chi connectivity index (χ1v) is 14.8. The number of halogens is 1. The molecule has 1 aromatic rings. The second kappa shape index (κ2) is 10.6. The summed E-state index contributed by atoms with van der Waals surface area (Å²) in [6.07, 6.45) is 13.5. The Hall–Kier alpha value is -2.81. The molecule has 1 saturated heterocycles. The van der Waals surface area contributed by atoms with Gasteiger partial charge in [-0.2, -0.15) is 0 Å². The Balaban J connectivity index is 0.947. The van der Waals surface area contributed by atoms with Crippen LogP contribution in [0.3, 0.4) is 0 Å². The first-order chi connectivity index (χ1) is 18.8. The highest BCUT2D eigenvalue weighted by Gasteiger charge is 2.50. The largest absolute Gasteiger partial charge is 0.490 e. The molecule has 39 heavy (non-hydrogen) atoms. The van der Waals surface area contributed by atoms with Gasteiger partial charge in [0.05, 0.1) is 17.7 Å². The second-order valence-corrected chi connectivity index (χ2v) is 12.5. The van der Waals surface area contributed by atoms with Gasteiger partial charge in [0, 0.05) is 12.0 Å². The third kappa shape index (κ3) is 5.10. The normalized spacial score (nSPS) is 31.2. The Labute approximate surface area is 228 Å². The SMILES string of the molecule is O=C1CCC(N2C(=O)c3ccc(F)c(OCCCCCCCNC45CC6CC(CC(C6)C4)C5)c3C2=O)C(=O)N1. The molecule has 0 spiro atoms. The van der Waals surface area contributed by atoms with Gasteiger partial charge in [-0.1, -0.05) is 19.3 Å². The van der Waals surface area contributed by atoms with Gasteiger partial charge >= 0.3 is 0 Å². The molecule has 0 aromatic heterocycles. The maximum Gasteiger partial charge on any atom is 0.266 e. The number of rotatable bonds is 11. The average molecular weight is 540 g/mol. The minimum atomic E-state index is -1.09. The van der Waals surface area contributed by atoms with E-state index in [1.807, 2.05) is 0 Å². The molecule has 7 rings (SSSR count). The van der Waals surface area contributed by atoms with Gasteiger partial charge in [0.15, 0.2) is 11.6 Å². The van der Waals surface area contributed by atoms with E-state index in [0.29, 0.717) is 12.0 Å². The summed E-state index contributed by atoms with van der Waals surface area (Å²) in [7, 11) is 0. The summed E-state index contributed by atoms with van der Waals surface area (Å²) in [5, 5.41) is 6.11. The maximum absolute atomic E-state index is 14.7. The zero-order chi connectivity index (χ0) is 27.1. The molecule has 210 valence electrons. The highest BCUT2D eigenvalue weighted by molar-refractivity contribution is 6.24. The van der Waals surface area contributed by atoms with Gasteiger partial charge in [0.25, 0.3) is 11.8 Å². The zero-order valence-electron chi connectivity index (χ0n) is 22.4. The quantitative estimate of drug-likeness (QED) is 0.324. The predicted octanol–water partition coefficient (Wildman–Crippen LogP) is 4.11. The van der Waals surface area contributed by atoms with E-state index in [2.05, 4.69) is 10.6 Å². The zero-order valence-corrected chi connectivity index (χ0v) is 22.4. The number of nitrogens with one attached hydrogen (secondary N) is 2. The topological polar surface area (TPSA) is 105 Å². The number of ether oxygens (including phenoxy) is 1. The van der Waals surface area contributed by atoms with E-state index in [1.54, 1.807) is 0 Å². The number of fused-ring (bicyclic) bond motifs is 1. The molecule has 2 heterocycles. The van der Waals surface area contributed by atoms with Crippen molar-refractivity contribution in [1.82, 2.24) is 15.5 Å². The van der Waals surface area contributed by atoms with E-state index in [0.717, 1.165) is 60.9 Å². The Morgan fingerprint density at radius 2 is 1.59 bits per heavy atom. The number of imide groups is 2. The molecule has 2 aliphatic heterocycles. The second-order valence-electron chi connectivity index (χ2n) is 12.5. The number of benzene rings is 1. The van der Waals surface area contributed by atoms with Gasteiger partial charge in [-0.15, -0.1) is 0 Å². The molecular formula is C30H38FN3O5. The van der Waals surface area contributed by atoms with E-state index < -0.39 is 35.5 Å². The lowest BCUT2D eigenvalue weighted by atomic mass is 9.53. The van der Waals surface area contributed by atoms with Crippen LogP contribution >= 0.6 is 0 Å². The molecule has 1 aromatic carbocycles. The summed E-state index contributed by atoms with van der Waals surface area (Å²) in [6, 6.07) is 1.27. The van der Waals surface area contributed by atoms with Crippen LogP contribution in [0.5, 0.6) is 5.75 Å². The number of hydrogen-bond donors (Lipinski definition) is 2. The van der Waals surface area contributed by atoms with Crippen molar-refractivity contribution in [2.75, 3.05) is 13.2 Å². The Morgan fingerprint density at radius 1 is 0.923 bits per heavy atom. The maximum atomic E-state index is 14.7. The van der Waals surface area contributed by atoms with Crippen molar-refractivity contribution in [3.8, 4) is 5.75 Å². The van der Waals surface area contributed by atoms with Crippen molar-refractivity contribution in [2.45, 2.75) is 95.1 Å². The summed E-state index contributed by atoms with van der Waals surface area (Å²) in [5.41, 5.74) is 0.294. The highest BCUT2D eigenvalue weighted by Crippen LogP contribution is 2.55. The number of nitrogens with zero attached hydrogens (tertiary/aromatic N) is 1. The minimum Gasteiger partial charge on any atom is -0.490 e. The lowest BCUT2D eigenvalue weighted by Crippen LogP contribution is -2.58. The molecule has 9 heteroatoms. The standard InChI is InChI=1S/C30H38FN3O5/c31-22-7-6-21-25(29(38)34(28(21)37)23-8-9-24(35)33-27(23)36)26(22)39-11-5-3-1-2-4-10-32-30-15-18-12-19(16-30)14-20(13-18)17-30/h6-7,18-20,23,32H,1-5,8-17H2,(H,33,35,36). The lowest BCUT2D eigenvalue weighted by Gasteiger charge is -2.57. The smallest absolute Gasteiger partial charge is 0.266 e. The van der Waals surface area contributed by atoms with Gasteiger partial charge in [-0.25, -0.2) is 4.39 Å². The van der Waals surface area contributed by atoms with E-state index >= 15 is 0 Å². The third-order valence-corrected chi connectivity index (χ3v) is 9.62. The van der Waals surface area contributed by atoms with Crippen molar-refractivity contribution in [3.05, 3.63) is 29.1 Å². The monoisotopic (exact) mass is 539 g/mol. The van der Waals surface area contributed by atoms with E-state index in [4.69, 9.17) is 4.74 Å². The summed E-state index contributed by atoms with van der Waals surface area (Å²) >= 11 is 0. The Kier molecular flexibility index (Phi) is 7.20. The molecule has 4 bridgehead atoms. The first-order valence-electron chi connectivity index (χ1n) is 14.8. The Bertz CT molecular complexity index is 1150. The molecule has 1 atom stereocenters. The fraction of sp³-hybridized carbons (Fsp3) is 0.667. The highest BCUT2D eigenvalue weighted by atomic mass is 19.1. The van der Waals surface area contributed by atoms with Gasteiger partial charge in [-0.3, -0.25) is 29.4 Å². The number of piperidine rings is 1. The number of hydrogen-bond acceptors (Lipinski definition) is 6. The van der Waals surface area contributed by atoms with Crippen molar-refractivity contribution >= 4 is 23.6 Å². The van der Waals surface area contributed by atoms with Crippen LogP contribution in [-0.2, 0) is 9.59 Å². The molecule has 8 nitrogen and oxygen atoms in total. The summed E-state index contributed by atoms with van der Waals surface area (Å²) in [5.74, 6) is -0.660. The number of carbonyl (C=O) groups excluding carboxylic acids is 4. The van der Waals surface area contributed by atoms with Crippen molar-refractivity contribution in [1.29, 1.82) is 0 Å². The fourth-order valence-electron chi connectivity index (χ4n) is 8.26. The Morgan fingerprint density at radius 3 is 2.28 bits per heavy atom. The van der Waals surface area contributed by atoms with Crippen LogP contribution in [0.25, 0.3) is 0 Å². The van der Waals surface area contributed by atoms with Crippen LogP contribution in [0, 0.1) is 23.6 Å². The van der Waals surface area contributed by atoms with Crippen LogP contribution in [0.2, 0.25) is 0 Å². The van der Waals surface area contributed by atoms with E-state index in [-0.39, 0.29) is 36.3 Å². The molecule has 0 radical (unpaired) electrons. The number of amides is 4. The summed E-state index contributed by atoms with van der Waals surface area (Å²) < 4.78 is 20.4. The average Bonchev–Trinajstić information content (AvgIpc) is 3.13. The minimum absolute atomic E-state index is 0.0209. The molecule has 5 fully saturated rings. The van der Waals surface area contributed by atoms with Gasteiger partial charge in [-0.05, 0) is 94.2 Å². The molecular weight excluding hydrogens is 501 g/mol. The third-order valence-electron chi connectivity index (χ3n) is 9.62. The van der Waals surface area contributed by atoms with Crippen LogP contribution in [-0.4, -0.2) is 53.3 Å². The molecule has 6 aliphatic rings. The van der Waals surface area contributed by atoms with E-state index in [9.17, 15) is 23.6 Å². The van der Waals surface area contributed by atoms with Gasteiger partial charge in [0.2, 0.25) is 11.8 Å². The van der Waals surface area contributed by atoms with E-state index in [1.165, 1.54) is 44.6 Å². The van der Waals surface area contributed by atoms with Crippen molar-refractivity contribution in [3.63, 3.8) is 0 Å². The van der Waals surface area contributed by atoms with Crippen LogP contribution in [0.4, 0.5) is 4.39 Å².